The number of methoxy groups -OCH3 is 1. The van der Waals surface area contributed by atoms with Crippen LogP contribution in [0.25, 0.3) is 0 Å². The lowest BCUT2D eigenvalue weighted by molar-refractivity contribution is 0.296. The van der Waals surface area contributed by atoms with E-state index >= 15 is 0 Å². The molecule has 0 atom stereocenters. The third-order valence-corrected chi connectivity index (χ3v) is 4.03. The Hall–Kier alpha value is -3.01. The molecule has 0 amide bonds. The first kappa shape index (κ1) is 18.8. The Balaban J connectivity index is 1.95. The molecule has 0 aliphatic carbocycles. The van der Waals surface area contributed by atoms with Crippen LogP contribution in [0.3, 0.4) is 0 Å². The number of H-pyrrole nitrogens is 1. The molecule has 8 nitrogen and oxygen atoms in total. The van der Waals surface area contributed by atoms with E-state index in [1.54, 1.807) is 55.6 Å². The van der Waals surface area contributed by atoms with E-state index in [4.69, 9.17) is 28.6 Å². The maximum atomic E-state index is 12.2. The van der Waals surface area contributed by atoms with E-state index in [0.717, 1.165) is 5.06 Å². The molecule has 0 saturated heterocycles. The van der Waals surface area contributed by atoms with Gasteiger partial charge in [0.15, 0.2) is 10.5 Å². The first-order chi connectivity index (χ1) is 13.0. The number of nitrogens with zero attached hydrogens (tertiary/aromatic N) is 3. The topological polar surface area (TPSA) is 103 Å². The summed E-state index contributed by atoms with van der Waals surface area (Å²) in [6.45, 7) is 0. The van der Waals surface area contributed by atoms with E-state index in [1.807, 2.05) is 0 Å². The van der Waals surface area contributed by atoms with Gasteiger partial charge in [0.2, 0.25) is 5.82 Å². The first-order valence-electron chi connectivity index (χ1n) is 7.64. The number of nitrogens with one attached hydrogen (secondary N) is 2. The molecule has 0 fully saturated rings. The monoisotopic (exact) mass is 403 g/mol. The number of benzene rings is 2. The van der Waals surface area contributed by atoms with Crippen molar-refractivity contribution in [3.05, 3.63) is 68.5 Å². The molecule has 1 aromatic heterocycles. The van der Waals surface area contributed by atoms with Gasteiger partial charge in [0.05, 0.1) is 12.8 Å². The van der Waals surface area contributed by atoms with E-state index in [2.05, 4.69) is 20.5 Å². The van der Waals surface area contributed by atoms with E-state index < -0.39 is 5.56 Å². The highest BCUT2D eigenvalue weighted by atomic mass is 35.5. The molecule has 138 valence electrons. The fourth-order valence-corrected chi connectivity index (χ4v) is 2.49. The van der Waals surface area contributed by atoms with Gasteiger partial charge < -0.3 is 10.1 Å². The fraction of sp³-hybridized carbons (Fsp3) is 0.0588. The Kier molecular flexibility index (Phi) is 5.65. The van der Waals surface area contributed by atoms with Crippen molar-refractivity contribution in [2.75, 3.05) is 17.5 Å². The number of aromatic nitrogens is 3. The van der Waals surface area contributed by atoms with Crippen molar-refractivity contribution in [2.45, 2.75) is 0 Å². The minimum absolute atomic E-state index is 0.0616. The second kappa shape index (κ2) is 8.12. The van der Waals surface area contributed by atoms with Crippen LogP contribution in [0.4, 0.5) is 23.0 Å². The van der Waals surface area contributed by atoms with Gasteiger partial charge in [0, 0.05) is 10.7 Å². The summed E-state index contributed by atoms with van der Waals surface area (Å²) in [6.07, 6.45) is 0. The van der Waals surface area contributed by atoms with Crippen molar-refractivity contribution < 1.29 is 9.94 Å². The summed E-state index contributed by atoms with van der Waals surface area (Å²) in [4.78, 5) is 16.3. The van der Waals surface area contributed by atoms with Gasteiger partial charge in [-0.05, 0) is 48.5 Å². The van der Waals surface area contributed by atoms with Crippen molar-refractivity contribution in [3.8, 4) is 5.75 Å². The van der Waals surface area contributed by atoms with Crippen LogP contribution >= 0.6 is 23.8 Å². The lowest BCUT2D eigenvalue weighted by atomic mass is 10.3. The molecule has 3 N–H and O–H groups in total. The van der Waals surface area contributed by atoms with Crippen molar-refractivity contribution in [2.24, 2.45) is 0 Å². The molecule has 0 bridgehead atoms. The van der Waals surface area contributed by atoms with Gasteiger partial charge in [-0.1, -0.05) is 23.8 Å². The first-order valence-corrected chi connectivity index (χ1v) is 8.43. The van der Waals surface area contributed by atoms with E-state index in [9.17, 15) is 10.0 Å². The van der Waals surface area contributed by atoms with Gasteiger partial charge in [0.25, 0.3) is 0 Å². The summed E-state index contributed by atoms with van der Waals surface area (Å²) in [6, 6.07) is 13.2. The van der Waals surface area contributed by atoms with Gasteiger partial charge >= 0.3 is 5.56 Å². The summed E-state index contributed by atoms with van der Waals surface area (Å²) in [5.41, 5.74) is 0.360. The third kappa shape index (κ3) is 4.40. The fourth-order valence-electron chi connectivity index (χ4n) is 2.15. The normalized spacial score (nSPS) is 10.3. The van der Waals surface area contributed by atoms with E-state index in [-0.39, 0.29) is 16.3 Å². The van der Waals surface area contributed by atoms with Crippen LogP contribution in [0.15, 0.2) is 53.3 Å². The molecule has 3 aromatic rings. The smallest absolute Gasteiger partial charge is 0.307 e. The zero-order valence-electron chi connectivity index (χ0n) is 14.0. The molecule has 0 saturated carbocycles. The van der Waals surface area contributed by atoms with Crippen LogP contribution in [-0.4, -0.2) is 27.5 Å². The number of halogens is 1. The van der Waals surface area contributed by atoms with Crippen molar-refractivity contribution in [1.82, 2.24) is 15.2 Å². The number of anilines is 4. The van der Waals surface area contributed by atoms with Crippen LogP contribution in [0.2, 0.25) is 5.02 Å². The minimum Gasteiger partial charge on any atom is -0.497 e. The lowest BCUT2D eigenvalue weighted by Gasteiger charge is -2.13. The SMILES string of the molecule is COc1ccc(Nc2nc(=S)c(N(O)c3ccc(Cl)cc3)n[nH]c2=O)cc1. The van der Waals surface area contributed by atoms with Gasteiger partial charge in [-0.15, -0.1) is 5.10 Å². The number of aromatic amines is 1. The highest BCUT2D eigenvalue weighted by Crippen LogP contribution is 2.23. The molecule has 27 heavy (non-hydrogen) atoms. The Morgan fingerprint density at radius 2 is 1.85 bits per heavy atom. The molecule has 3 rings (SSSR count). The van der Waals surface area contributed by atoms with Crippen molar-refractivity contribution in [1.29, 1.82) is 0 Å². The Labute approximate surface area is 164 Å². The Morgan fingerprint density at radius 1 is 1.19 bits per heavy atom. The highest BCUT2D eigenvalue weighted by Gasteiger charge is 2.12. The maximum absolute atomic E-state index is 12.2. The Bertz CT molecular complexity index is 1060. The average molecular weight is 404 g/mol. The van der Waals surface area contributed by atoms with Crippen LogP contribution in [-0.2, 0) is 0 Å². The molecule has 0 unspecified atom stereocenters. The van der Waals surface area contributed by atoms with Gasteiger partial charge in [0.1, 0.15) is 5.75 Å². The lowest BCUT2D eigenvalue weighted by Crippen LogP contribution is -2.13. The molecule has 0 aliphatic heterocycles. The van der Waals surface area contributed by atoms with Crippen molar-refractivity contribution in [3.63, 3.8) is 0 Å². The largest absolute Gasteiger partial charge is 0.497 e. The number of rotatable bonds is 5. The maximum Gasteiger partial charge on any atom is 0.307 e. The third-order valence-electron chi connectivity index (χ3n) is 3.51. The second-order valence-corrected chi connectivity index (χ2v) is 6.11. The molecule has 2 aromatic carbocycles. The summed E-state index contributed by atoms with van der Waals surface area (Å²) in [5, 5.41) is 20.6. The predicted octanol–water partition coefficient (Wildman–Crippen LogP) is 3.83. The van der Waals surface area contributed by atoms with Crippen LogP contribution in [0.1, 0.15) is 0 Å². The van der Waals surface area contributed by atoms with Crippen LogP contribution in [0, 0.1) is 4.64 Å². The summed E-state index contributed by atoms with van der Waals surface area (Å²) in [5.74, 6) is 0.508. The summed E-state index contributed by atoms with van der Waals surface area (Å²) < 4.78 is 5.01. The molecule has 10 heteroatoms. The van der Waals surface area contributed by atoms with Crippen LogP contribution in [0.5, 0.6) is 5.75 Å². The van der Waals surface area contributed by atoms with Gasteiger partial charge in [-0.25, -0.2) is 15.1 Å². The number of hydrogen-bond donors (Lipinski definition) is 3. The molecule has 1 heterocycles. The van der Waals surface area contributed by atoms with E-state index in [1.165, 1.54) is 0 Å². The van der Waals surface area contributed by atoms with Gasteiger partial charge in [-0.2, -0.15) is 0 Å². The second-order valence-electron chi connectivity index (χ2n) is 5.28. The van der Waals surface area contributed by atoms with Gasteiger partial charge in [-0.3, -0.25) is 10.0 Å². The molecular weight excluding hydrogens is 390 g/mol. The van der Waals surface area contributed by atoms with E-state index in [0.29, 0.717) is 22.1 Å². The summed E-state index contributed by atoms with van der Waals surface area (Å²) >= 11 is 11.0. The zero-order valence-corrected chi connectivity index (χ0v) is 15.6. The van der Waals surface area contributed by atoms with Crippen molar-refractivity contribution >= 4 is 46.8 Å². The average Bonchev–Trinajstić information content (AvgIpc) is 2.81. The highest BCUT2D eigenvalue weighted by molar-refractivity contribution is 7.71. The molecule has 0 spiro atoms. The quantitative estimate of drug-likeness (QED) is 0.436. The number of ether oxygens (including phenoxy) is 1. The minimum atomic E-state index is -0.604. The molecule has 0 aliphatic rings. The molecular formula is C17H14ClN5O3S. The number of hydrogen-bond acceptors (Lipinski definition) is 8. The zero-order chi connectivity index (χ0) is 19.4. The standard InChI is InChI=1S/C17H14ClN5O3S/c1-26-13-8-4-11(5-9-13)19-14-16(24)22-21-15(17(27)20-14)23(25)12-6-2-10(18)3-7-12/h2-9,25H,1H3,(H2,19,20,22,24,27). The summed E-state index contributed by atoms with van der Waals surface area (Å²) in [7, 11) is 1.56. The van der Waals surface area contributed by atoms with Crippen LogP contribution < -0.4 is 20.7 Å². The predicted molar refractivity (Wildman–Crippen MR) is 105 cm³/mol. The molecule has 0 radical (unpaired) electrons. The Morgan fingerprint density at radius 3 is 2.48 bits per heavy atom.